The average molecular weight is 344 g/mol. The van der Waals surface area contributed by atoms with Gasteiger partial charge in [0.2, 0.25) is 5.91 Å². The highest BCUT2D eigenvalue weighted by molar-refractivity contribution is 7.98. The van der Waals surface area contributed by atoms with Crippen LogP contribution in [0.1, 0.15) is 6.42 Å². The molecule has 4 nitrogen and oxygen atoms in total. The van der Waals surface area contributed by atoms with Crippen LogP contribution in [0.2, 0.25) is 0 Å². The maximum absolute atomic E-state index is 11.6. The molecule has 0 aliphatic heterocycles. The van der Waals surface area contributed by atoms with E-state index in [1.165, 1.54) is 16.2 Å². The molecule has 1 heterocycles. The molecule has 2 N–H and O–H groups in total. The Balaban J connectivity index is 0.00000220. The van der Waals surface area contributed by atoms with Gasteiger partial charge in [0, 0.05) is 28.8 Å². The van der Waals surface area contributed by atoms with Crippen molar-refractivity contribution in [2.75, 3.05) is 25.2 Å². The largest absolute Gasteiger partial charge is 0.319 e. The Labute approximate surface area is 139 Å². The first-order chi connectivity index (χ1) is 9.72. The van der Waals surface area contributed by atoms with Crippen molar-refractivity contribution in [2.45, 2.75) is 11.3 Å². The third-order valence-corrected chi connectivity index (χ3v) is 4.24. The van der Waals surface area contributed by atoms with E-state index < -0.39 is 0 Å². The van der Waals surface area contributed by atoms with E-state index in [-0.39, 0.29) is 18.3 Å². The molecule has 0 saturated heterocycles. The molecule has 0 aliphatic carbocycles. The fourth-order valence-corrected chi connectivity index (χ4v) is 2.79. The summed E-state index contributed by atoms with van der Waals surface area (Å²) < 4.78 is 0. The van der Waals surface area contributed by atoms with Gasteiger partial charge in [-0.1, -0.05) is 12.1 Å². The van der Waals surface area contributed by atoms with Gasteiger partial charge in [-0.3, -0.25) is 4.79 Å². The van der Waals surface area contributed by atoms with Crippen molar-refractivity contribution in [3.8, 4) is 11.3 Å². The molecule has 1 aromatic carbocycles. The molecule has 0 unspecified atom stereocenters. The number of carbonyl (C=O) groups is 1. The molecular formula is C14H18ClN3OS2. The molecule has 114 valence electrons. The summed E-state index contributed by atoms with van der Waals surface area (Å²) in [5.74, 6) is -0.0158. The topological polar surface area (TPSA) is 54.0 Å². The first kappa shape index (κ1) is 18.0. The smallest absolute Gasteiger partial charge is 0.227 e. The van der Waals surface area contributed by atoms with Crippen molar-refractivity contribution in [3.63, 3.8) is 0 Å². The molecule has 1 amide bonds. The van der Waals surface area contributed by atoms with Gasteiger partial charge in [0.1, 0.15) is 0 Å². The number of halogens is 1. The summed E-state index contributed by atoms with van der Waals surface area (Å²) in [6.45, 7) is 0.667. The summed E-state index contributed by atoms with van der Waals surface area (Å²) in [4.78, 5) is 17.3. The van der Waals surface area contributed by atoms with Crippen LogP contribution in [0.15, 0.2) is 34.5 Å². The van der Waals surface area contributed by atoms with Gasteiger partial charge in [0.05, 0.1) is 5.69 Å². The standard InChI is InChI=1S/C14H17N3OS2.ClH/c1-15-8-7-13(18)17-14-16-12(9-20-14)10-3-5-11(19-2)6-4-10;/h3-6,9,15H,7-8H2,1-2H3,(H,16,17,18);1H. The normalized spacial score (nSPS) is 10.0. The number of aromatic nitrogens is 1. The molecule has 0 bridgehead atoms. The maximum Gasteiger partial charge on any atom is 0.227 e. The molecule has 0 spiro atoms. The van der Waals surface area contributed by atoms with Gasteiger partial charge in [-0.2, -0.15) is 0 Å². The molecule has 2 aromatic rings. The highest BCUT2D eigenvalue weighted by Crippen LogP contribution is 2.26. The molecule has 0 radical (unpaired) electrons. The lowest BCUT2D eigenvalue weighted by Gasteiger charge is -2.01. The third-order valence-electron chi connectivity index (χ3n) is 2.74. The third kappa shape index (κ3) is 5.32. The van der Waals surface area contributed by atoms with E-state index >= 15 is 0 Å². The number of hydrogen-bond donors (Lipinski definition) is 2. The summed E-state index contributed by atoms with van der Waals surface area (Å²) in [6.07, 6.45) is 2.50. The van der Waals surface area contributed by atoms with Crippen LogP contribution in [-0.2, 0) is 4.79 Å². The first-order valence-electron chi connectivity index (χ1n) is 6.27. The van der Waals surface area contributed by atoms with Gasteiger partial charge in [0.15, 0.2) is 5.13 Å². The monoisotopic (exact) mass is 343 g/mol. The van der Waals surface area contributed by atoms with Gasteiger partial charge >= 0.3 is 0 Å². The number of nitrogens with zero attached hydrogens (tertiary/aromatic N) is 1. The summed E-state index contributed by atoms with van der Waals surface area (Å²) in [5.41, 5.74) is 1.96. The van der Waals surface area contributed by atoms with Gasteiger partial charge in [-0.15, -0.1) is 35.5 Å². The highest BCUT2D eigenvalue weighted by Gasteiger charge is 2.07. The molecule has 2 rings (SSSR count). The minimum absolute atomic E-state index is 0. The Morgan fingerprint density at radius 2 is 2.05 bits per heavy atom. The number of benzene rings is 1. The van der Waals surface area contributed by atoms with Crippen LogP contribution in [-0.4, -0.2) is 30.7 Å². The van der Waals surface area contributed by atoms with Crippen LogP contribution < -0.4 is 10.6 Å². The Bertz CT molecular complexity index is 572. The number of rotatable bonds is 6. The predicted molar refractivity (Wildman–Crippen MR) is 93.8 cm³/mol. The molecule has 0 saturated carbocycles. The van der Waals surface area contributed by atoms with Gasteiger partial charge in [-0.05, 0) is 25.4 Å². The van der Waals surface area contributed by atoms with E-state index in [1.807, 2.05) is 24.6 Å². The van der Waals surface area contributed by atoms with E-state index in [4.69, 9.17) is 0 Å². The van der Waals surface area contributed by atoms with Crippen LogP contribution in [0.5, 0.6) is 0 Å². The fraction of sp³-hybridized carbons (Fsp3) is 0.286. The number of anilines is 1. The Morgan fingerprint density at radius 3 is 2.67 bits per heavy atom. The summed E-state index contributed by atoms with van der Waals surface area (Å²) in [5, 5.41) is 8.37. The lowest BCUT2D eigenvalue weighted by Crippen LogP contribution is -2.18. The van der Waals surface area contributed by atoms with Crippen LogP contribution in [0.3, 0.4) is 0 Å². The van der Waals surface area contributed by atoms with Gasteiger partial charge in [0.25, 0.3) is 0 Å². The molecule has 0 fully saturated rings. The molecule has 1 aromatic heterocycles. The minimum atomic E-state index is -0.0158. The van der Waals surface area contributed by atoms with Crippen molar-refractivity contribution < 1.29 is 4.79 Å². The predicted octanol–water partition coefficient (Wildman–Crippen LogP) is 3.50. The second-order valence-electron chi connectivity index (χ2n) is 4.17. The SMILES string of the molecule is CNCCC(=O)Nc1nc(-c2ccc(SC)cc2)cs1.Cl. The second kappa shape index (κ2) is 9.04. The molecule has 0 aliphatic rings. The van der Waals surface area contributed by atoms with Gasteiger partial charge < -0.3 is 10.6 Å². The highest BCUT2D eigenvalue weighted by atomic mass is 35.5. The van der Waals surface area contributed by atoms with Crippen molar-refractivity contribution in [2.24, 2.45) is 0 Å². The van der Waals surface area contributed by atoms with Crippen molar-refractivity contribution in [3.05, 3.63) is 29.6 Å². The molecule has 0 atom stereocenters. The number of thioether (sulfide) groups is 1. The molecule has 21 heavy (non-hydrogen) atoms. The van der Waals surface area contributed by atoms with Crippen molar-refractivity contribution in [1.82, 2.24) is 10.3 Å². The van der Waals surface area contributed by atoms with Crippen LogP contribution in [0.25, 0.3) is 11.3 Å². The lowest BCUT2D eigenvalue weighted by atomic mass is 10.2. The van der Waals surface area contributed by atoms with Crippen molar-refractivity contribution in [1.29, 1.82) is 0 Å². The average Bonchev–Trinajstić information content (AvgIpc) is 2.93. The van der Waals surface area contributed by atoms with Crippen LogP contribution >= 0.6 is 35.5 Å². The van der Waals surface area contributed by atoms with Crippen LogP contribution in [0.4, 0.5) is 5.13 Å². The lowest BCUT2D eigenvalue weighted by molar-refractivity contribution is -0.116. The zero-order valence-corrected chi connectivity index (χ0v) is 14.3. The van der Waals surface area contributed by atoms with Gasteiger partial charge in [-0.25, -0.2) is 4.98 Å². The Morgan fingerprint density at radius 1 is 1.33 bits per heavy atom. The number of hydrogen-bond acceptors (Lipinski definition) is 5. The fourth-order valence-electron chi connectivity index (χ4n) is 1.65. The van der Waals surface area contributed by atoms with E-state index in [1.54, 1.807) is 11.8 Å². The number of amides is 1. The quantitative estimate of drug-likeness (QED) is 0.788. The molecule has 7 heteroatoms. The summed E-state index contributed by atoms with van der Waals surface area (Å²) in [6, 6.07) is 8.25. The zero-order chi connectivity index (χ0) is 14.4. The maximum atomic E-state index is 11.6. The Kier molecular flexibility index (Phi) is 7.74. The summed E-state index contributed by atoms with van der Waals surface area (Å²) >= 11 is 3.16. The molecular weight excluding hydrogens is 326 g/mol. The first-order valence-corrected chi connectivity index (χ1v) is 8.38. The van der Waals surface area contributed by atoms with E-state index in [0.717, 1.165) is 11.3 Å². The van der Waals surface area contributed by atoms with E-state index in [0.29, 0.717) is 18.1 Å². The van der Waals surface area contributed by atoms with Crippen LogP contribution in [0, 0.1) is 0 Å². The number of nitrogens with one attached hydrogen (secondary N) is 2. The van der Waals surface area contributed by atoms with E-state index in [2.05, 4.69) is 34.0 Å². The second-order valence-corrected chi connectivity index (χ2v) is 5.91. The minimum Gasteiger partial charge on any atom is -0.319 e. The number of carbonyl (C=O) groups excluding carboxylic acids is 1. The van der Waals surface area contributed by atoms with Crippen molar-refractivity contribution >= 4 is 46.5 Å². The van der Waals surface area contributed by atoms with E-state index in [9.17, 15) is 4.79 Å². The zero-order valence-electron chi connectivity index (χ0n) is 11.9. The summed E-state index contributed by atoms with van der Waals surface area (Å²) in [7, 11) is 1.83. The number of thiazole rings is 1. The Hall–Kier alpha value is -1.08.